The first-order valence-corrected chi connectivity index (χ1v) is 3.79. The maximum Gasteiger partial charge on any atom is 0.00221 e. The zero-order chi connectivity index (χ0) is 6.69. The van der Waals surface area contributed by atoms with Gasteiger partial charge in [0.1, 0.15) is 0 Å². The fraction of sp³-hybridized carbons (Fsp3) is 1.00. The van der Waals surface area contributed by atoms with E-state index in [9.17, 15) is 0 Å². The van der Waals surface area contributed by atoms with Crippen LogP contribution >= 0.6 is 12.4 Å². The summed E-state index contributed by atoms with van der Waals surface area (Å²) in [6, 6.07) is 0. The maximum atomic E-state index is 5.52. The Kier molecular flexibility index (Phi) is 5.04. The van der Waals surface area contributed by atoms with Gasteiger partial charge in [-0.25, -0.2) is 0 Å². The first kappa shape index (κ1) is 10.2. The second kappa shape index (κ2) is 4.94. The van der Waals surface area contributed by atoms with Crippen molar-refractivity contribution in [3.63, 3.8) is 0 Å². The molecule has 0 radical (unpaired) electrons. The molecule has 0 unspecified atom stereocenters. The molecule has 1 aliphatic rings. The fourth-order valence-corrected chi connectivity index (χ4v) is 1.39. The highest BCUT2D eigenvalue weighted by Gasteiger charge is 2.18. The van der Waals surface area contributed by atoms with E-state index in [-0.39, 0.29) is 12.4 Å². The van der Waals surface area contributed by atoms with Gasteiger partial charge in [0.2, 0.25) is 0 Å². The molecule has 0 spiro atoms. The monoisotopic (exact) mass is 164 g/mol. The first-order chi connectivity index (χ1) is 4.36. The van der Waals surface area contributed by atoms with E-state index in [1.165, 1.54) is 26.1 Å². The summed E-state index contributed by atoms with van der Waals surface area (Å²) in [5.41, 5.74) is 5.52. The van der Waals surface area contributed by atoms with Crippen LogP contribution in [0.4, 0.5) is 0 Å². The lowest BCUT2D eigenvalue weighted by atomic mass is 10.1. The highest BCUT2D eigenvalue weighted by molar-refractivity contribution is 5.85. The van der Waals surface area contributed by atoms with E-state index >= 15 is 0 Å². The molecule has 10 heavy (non-hydrogen) atoms. The number of hydrogen-bond donors (Lipinski definition) is 1. The van der Waals surface area contributed by atoms with Crippen LogP contribution in [-0.2, 0) is 0 Å². The fourth-order valence-electron chi connectivity index (χ4n) is 1.39. The molecule has 0 amide bonds. The Morgan fingerprint density at radius 3 is 2.60 bits per heavy atom. The molecule has 0 aliphatic carbocycles. The zero-order valence-electron chi connectivity index (χ0n) is 6.55. The summed E-state index contributed by atoms with van der Waals surface area (Å²) in [6.07, 6.45) is 1.31. The van der Waals surface area contributed by atoms with E-state index in [0.29, 0.717) is 0 Å². The van der Waals surface area contributed by atoms with Gasteiger partial charge in [0.15, 0.2) is 0 Å². The molecule has 1 rings (SSSR count). The lowest BCUT2D eigenvalue weighted by Crippen LogP contribution is -2.22. The Morgan fingerprint density at radius 1 is 1.60 bits per heavy atom. The van der Waals surface area contributed by atoms with Crippen LogP contribution < -0.4 is 5.73 Å². The number of halogens is 1. The molecule has 62 valence electrons. The van der Waals surface area contributed by atoms with Crippen molar-refractivity contribution in [3.05, 3.63) is 0 Å². The topological polar surface area (TPSA) is 29.3 Å². The molecule has 0 aromatic heterocycles. The van der Waals surface area contributed by atoms with Gasteiger partial charge in [-0.2, -0.15) is 0 Å². The van der Waals surface area contributed by atoms with Gasteiger partial charge < -0.3 is 10.6 Å². The molecular weight excluding hydrogens is 148 g/mol. The predicted octanol–water partition coefficient (Wildman–Crippen LogP) is 0.709. The van der Waals surface area contributed by atoms with Gasteiger partial charge in [-0.3, -0.25) is 0 Å². The molecule has 1 fully saturated rings. The molecule has 0 saturated carbocycles. The highest BCUT2D eigenvalue weighted by Crippen LogP contribution is 2.13. The van der Waals surface area contributed by atoms with Crippen LogP contribution in [0.1, 0.15) is 13.3 Å². The molecule has 0 aromatic rings. The molecule has 2 N–H and O–H groups in total. The third-order valence-corrected chi connectivity index (χ3v) is 2.15. The summed E-state index contributed by atoms with van der Waals surface area (Å²) in [5, 5.41) is 0. The summed E-state index contributed by atoms with van der Waals surface area (Å²) in [4.78, 5) is 2.46. The zero-order valence-corrected chi connectivity index (χ0v) is 7.36. The molecule has 1 atom stereocenters. The van der Waals surface area contributed by atoms with Crippen molar-refractivity contribution in [2.75, 3.05) is 26.2 Å². The number of nitrogens with two attached hydrogens (primary N) is 1. The molecular formula is C7H17ClN2. The van der Waals surface area contributed by atoms with E-state index in [0.717, 1.165) is 12.5 Å². The number of hydrogen-bond acceptors (Lipinski definition) is 2. The van der Waals surface area contributed by atoms with Gasteiger partial charge in [-0.15, -0.1) is 12.4 Å². The van der Waals surface area contributed by atoms with Crippen molar-refractivity contribution in [1.29, 1.82) is 0 Å². The van der Waals surface area contributed by atoms with Gasteiger partial charge in [0.25, 0.3) is 0 Å². The third kappa shape index (κ3) is 2.45. The Bertz CT molecular complexity index is 77.7. The Balaban J connectivity index is 0.000000810. The standard InChI is InChI=1S/C7H16N2.ClH/c1-2-9-4-3-7(5-8)6-9;/h7H,2-6,8H2,1H3;1H/t7-;/m1./s1. The maximum absolute atomic E-state index is 5.52. The Labute approximate surface area is 69.2 Å². The van der Waals surface area contributed by atoms with Crippen LogP contribution in [0.5, 0.6) is 0 Å². The number of nitrogens with zero attached hydrogens (tertiary/aromatic N) is 1. The lowest BCUT2D eigenvalue weighted by molar-refractivity contribution is 0.343. The second-order valence-corrected chi connectivity index (χ2v) is 2.78. The van der Waals surface area contributed by atoms with Crippen LogP contribution in [0, 0.1) is 5.92 Å². The van der Waals surface area contributed by atoms with Crippen LogP contribution in [-0.4, -0.2) is 31.1 Å². The molecule has 2 nitrogen and oxygen atoms in total. The van der Waals surface area contributed by atoms with Crippen LogP contribution in [0.15, 0.2) is 0 Å². The smallest absolute Gasteiger partial charge is 0.00221 e. The molecule has 1 aliphatic heterocycles. The SMILES string of the molecule is CCN1CC[C@H](CN)C1.Cl. The van der Waals surface area contributed by atoms with Gasteiger partial charge in [0.05, 0.1) is 0 Å². The Hall–Kier alpha value is 0.210. The average molecular weight is 165 g/mol. The summed E-state index contributed by atoms with van der Waals surface area (Å²) in [5.74, 6) is 0.782. The van der Waals surface area contributed by atoms with E-state index in [2.05, 4.69) is 11.8 Å². The van der Waals surface area contributed by atoms with Gasteiger partial charge in [-0.05, 0) is 32.0 Å². The average Bonchev–Trinajstić information content (AvgIpc) is 2.34. The molecule has 0 bridgehead atoms. The molecule has 1 saturated heterocycles. The largest absolute Gasteiger partial charge is 0.330 e. The van der Waals surface area contributed by atoms with Crippen molar-refractivity contribution in [2.24, 2.45) is 11.7 Å². The van der Waals surface area contributed by atoms with Gasteiger partial charge in [-0.1, -0.05) is 6.92 Å². The minimum Gasteiger partial charge on any atom is -0.330 e. The lowest BCUT2D eigenvalue weighted by Gasteiger charge is -2.10. The molecule has 1 heterocycles. The summed E-state index contributed by atoms with van der Waals surface area (Å²) in [6.45, 7) is 6.76. The third-order valence-electron chi connectivity index (χ3n) is 2.15. The van der Waals surface area contributed by atoms with Crippen molar-refractivity contribution in [3.8, 4) is 0 Å². The quantitative estimate of drug-likeness (QED) is 0.652. The Morgan fingerprint density at radius 2 is 2.30 bits per heavy atom. The van der Waals surface area contributed by atoms with Crippen molar-refractivity contribution in [1.82, 2.24) is 4.90 Å². The predicted molar refractivity (Wildman–Crippen MR) is 46.5 cm³/mol. The van der Waals surface area contributed by atoms with E-state index in [4.69, 9.17) is 5.73 Å². The summed E-state index contributed by atoms with van der Waals surface area (Å²) < 4.78 is 0. The van der Waals surface area contributed by atoms with Crippen molar-refractivity contribution in [2.45, 2.75) is 13.3 Å². The number of likely N-dealkylation sites (tertiary alicyclic amines) is 1. The van der Waals surface area contributed by atoms with E-state index < -0.39 is 0 Å². The number of rotatable bonds is 2. The van der Waals surface area contributed by atoms with Crippen LogP contribution in [0.25, 0.3) is 0 Å². The minimum atomic E-state index is 0. The van der Waals surface area contributed by atoms with E-state index in [1.54, 1.807) is 0 Å². The summed E-state index contributed by atoms with van der Waals surface area (Å²) in [7, 11) is 0. The van der Waals surface area contributed by atoms with Gasteiger partial charge in [0, 0.05) is 6.54 Å². The highest BCUT2D eigenvalue weighted by atomic mass is 35.5. The summed E-state index contributed by atoms with van der Waals surface area (Å²) >= 11 is 0. The van der Waals surface area contributed by atoms with Gasteiger partial charge >= 0.3 is 0 Å². The molecule has 3 heteroatoms. The van der Waals surface area contributed by atoms with E-state index in [1.807, 2.05) is 0 Å². The first-order valence-electron chi connectivity index (χ1n) is 3.79. The normalized spacial score (nSPS) is 26.4. The van der Waals surface area contributed by atoms with Crippen molar-refractivity contribution < 1.29 is 0 Å². The minimum absolute atomic E-state index is 0. The molecule has 0 aromatic carbocycles. The van der Waals surface area contributed by atoms with Crippen molar-refractivity contribution >= 4 is 12.4 Å². The van der Waals surface area contributed by atoms with Crippen LogP contribution in [0.3, 0.4) is 0 Å². The van der Waals surface area contributed by atoms with Crippen LogP contribution in [0.2, 0.25) is 0 Å². The second-order valence-electron chi connectivity index (χ2n) is 2.78.